The van der Waals surface area contributed by atoms with E-state index < -0.39 is 0 Å². The number of benzene rings is 1. The van der Waals surface area contributed by atoms with Crippen LogP contribution in [0.4, 0.5) is 4.39 Å². The molecule has 122 valence electrons. The summed E-state index contributed by atoms with van der Waals surface area (Å²) in [7, 11) is 0. The lowest BCUT2D eigenvalue weighted by Crippen LogP contribution is -2.40. The van der Waals surface area contributed by atoms with Crippen molar-refractivity contribution < 1.29 is 9.18 Å². The van der Waals surface area contributed by atoms with E-state index in [1.165, 1.54) is 6.07 Å². The van der Waals surface area contributed by atoms with Crippen molar-refractivity contribution in [1.82, 2.24) is 5.32 Å². The van der Waals surface area contributed by atoms with Crippen molar-refractivity contribution in [3.63, 3.8) is 0 Å². The fraction of sp³-hybridized carbons (Fsp3) is 0.562. The van der Waals surface area contributed by atoms with E-state index in [2.05, 4.69) is 5.32 Å². The van der Waals surface area contributed by atoms with Crippen molar-refractivity contribution in [3.8, 4) is 0 Å². The van der Waals surface area contributed by atoms with Gasteiger partial charge in [0.15, 0.2) is 0 Å². The van der Waals surface area contributed by atoms with Crippen LogP contribution >= 0.6 is 24.2 Å². The highest BCUT2D eigenvalue weighted by molar-refractivity contribution is 7.99. The summed E-state index contributed by atoms with van der Waals surface area (Å²) >= 11 is 1.73. The second-order valence-electron chi connectivity index (χ2n) is 6.00. The molecule has 3 N–H and O–H groups in total. The minimum atomic E-state index is -0.241. The van der Waals surface area contributed by atoms with Gasteiger partial charge in [-0.1, -0.05) is 6.42 Å². The maximum atomic E-state index is 13.5. The molecule has 0 bridgehead atoms. The molecule has 22 heavy (non-hydrogen) atoms. The topological polar surface area (TPSA) is 55.1 Å². The quantitative estimate of drug-likeness (QED) is 0.864. The molecule has 1 amide bonds. The summed E-state index contributed by atoms with van der Waals surface area (Å²) in [6.07, 6.45) is 4.56. The van der Waals surface area contributed by atoms with E-state index in [0.717, 1.165) is 48.3 Å². The molecule has 3 nitrogen and oxygen atoms in total. The molecule has 3 rings (SSSR count). The molecular formula is C16H22ClFN2OS. The third kappa shape index (κ3) is 3.94. The predicted octanol–water partition coefficient (Wildman–Crippen LogP) is 3.42. The first-order valence-corrected chi connectivity index (χ1v) is 8.60. The summed E-state index contributed by atoms with van der Waals surface area (Å²) in [5, 5.41) is 3.12. The first kappa shape index (κ1) is 17.6. The molecule has 1 aliphatic heterocycles. The normalized spacial score (nSPS) is 27.5. The molecule has 1 aromatic carbocycles. The number of amides is 1. The van der Waals surface area contributed by atoms with Crippen LogP contribution in [-0.4, -0.2) is 17.7 Å². The van der Waals surface area contributed by atoms with Crippen LogP contribution in [0.15, 0.2) is 23.1 Å². The Morgan fingerprint density at radius 3 is 2.91 bits per heavy atom. The fourth-order valence-corrected chi connectivity index (χ4v) is 4.38. The minimum Gasteiger partial charge on any atom is -0.349 e. The van der Waals surface area contributed by atoms with E-state index in [4.69, 9.17) is 5.73 Å². The molecule has 0 saturated heterocycles. The number of carbonyl (C=O) groups excluding carboxylic acids is 1. The number of hydrogen-bond donors (Lipinski definition) is 2. The van der Waals surface area contributed by atoms with Crippen LogP contribution < -0.4 is 11.1 Å². The van der Waals surface area contributed by atoms with Crippen LogP contribution in [0.3, 0.4) is 0 Å². The number of nitrogens with one attached hydrogen (secondary N) is 1. The fourth-order valence-electron chi connectivity index (χ4n) is 3.27. The first-order valence-electron chi connectivity index (χ1n) is 7.61. The number of halogens is 2. The van der Waals surface area contributed by atoms with Gasteiger partial charge in [-0.15, -0.1) is 24.2 Å². The van der Waals surface area contributed by atoms with Crippen molar-refractivity contribution in [3.05, 3.63) is 29.6 Å². The lowest BCUT2D eigenvalue weighted by atomic mass is 9.85. The number of hydrogen-bond acceptors (Lipinski definition) is 3. The summed E-state index contributed by atoms with van der Waals surface area (Å²) < 4.78 is 13.5. The smallest absolute Gasteiger partial charge is 0.223 e. The zero-order valence-electron chi connectivity index (χ0n) is 12.4. The monoisotopic (exact) mass is 344 g/mol. The van der Waals surface area contributed by atoms with E-state index >= 15 is 0 Å². The Balaban J connectivity index is 0.00000176. The maximum Gasteiger partial charge on any atom is 0.223 e. The molecule has 1 aromatic rings. The second kappa shape index (κ2) is 7.66. The Morgan fingerprint density at radius 1 is 1.32 bits per heavy atom. The van der Waals surface area contributed by atoms with Crippen LogP contribution in [0.2, 0.25) is 0 Å². The van der Waals surface area contributed by atoms with Gasteiger partial charge in [-0.2, -0.15) is 0 Å². The molecule has 0 radical (unpaired) electrons. The van der Waals surface area contributed by atoms with Crippen molar-refractivity contribution in [1.29, 1.82) is 0 Å². The lowest BCUT2D eigenvalue weighted by molar-refractivity contribution is -0.126. The zero-order valence-corrected chi connectivity index (χ0v) is 14.0. The molecule has 1 fully saturated rings. The molecule has 0 spiro atoms. The van der Waals surface area contributed by atoms with Crippen LogP contribution in [0, 0.1) is 11.7 Å². The van der Waals surface area contributed by atoms with Gasteiger partial charge in [0.2, 0.25) is 5.91 Å². The predicted molar refractivity (Wildman–Crippen MR) is 89.8 cm³/mol. The summed E-state index contributed by atoms with van der Waals surface area (Å²) in [4.78, 5) is 13.5. The van der Waals surface area contributed by atoms with Crippen LogP contribution in [0.1, 0.15) is 43.7 Å². The number of carbonyl (C=O) groups is 1. The van der Waals surface area contributed by atoms with Gasteiger partial charge in [-0.3, -0.25) is 4.79 Å². The summed E-state index contributed by atoms with van der Waals surface area (Å²) in [6.45, 7) is 0. The minimum absolute atomic E-state index is 0. The van der Waals surface area contributed by atoms with Gasteiger partial charge in [0.25, 0.3) is 0 Å². The van der Waals surface area contributed by atoms with Gasteiger partial charge >= 0.3 is 0 Å². The highest BCUT2D eigenvalue weighted by atomic mass is 35.5. The van der Waals surface area contributed by atoms with Gasteiger partial charge in [-0.05, 0) is 49.4 Å². The number of fused-ring (bicyclic) bond motifs is 1. The van der Waals surface area contributed by atoms with Gasteiger partial charge in [0.05, 0.1) is 6.04 Å². The van der Waals surface area contributed by atoms with E-state index in [-0.39, 0.29) is 42.1 Å². The summed E-state index contributed by atoms with van der Waals surface area (Å²) in [5.41, 5.74) is 6.88. The average molecular weight is 345 g/mol. The van der Waals surface area contributed by atoms with E-state index in [0.29, 0.717) is 0 Å². The average Bonchev–Trinajstić information content (AvgIpc) is 2.48. The third-order valence-electron chi connectivity index (χ3n) is 4.41. The molecule has 3 unspecified atom stereocenters. The summed E-state index contributed by atoms with van der Waals surface area (Å²) in [5.74, 6) is 0.807. The molecular weight excluding hydrogens is 323 g/mol. The zero-order chi connectivity index (χ0) is 14.8. The van der Waals surface area contributed by atoms with E-state index in [9.17, 15) is 9.18 Å². The Hall–Kier alpha value is -0.780. The Bertz CT molecular complexity index is 543. The molecule has 2 aliphatic rings. The number of thioether (sulfide) groups is 1. The SMILES string of the molecule is Cl.NC1CCCC(C(=O)NC2CCSc3ccc(F)cc32)C1. The van der Waals surface area contributed by atoms with Crippen LogP contribution in [-0.2, 0) is 4.79 Å². The van der Waals surface area contributed by atoms with Crippen LogP contribution in [0.5, 0.6) is 0 Å². The maximum absolute atomic E-state index is 13.5. The Kier molecular flexibility index (Phi) is 6.12. The Morgan fingerprint density at radius 2 is 2.14 bits per heavy atom. The van der Waals surface area contributed by atoms with Crippen molar-refractivity contribution in [2.24, 2.45) is 11.7 Å². The van der Waals surface area contributed by atoms with Gasteiger partial charge in [0.1, 0.15) is 5.82 Å². The largest absolute Gasteiger partial charge is 0.349 e. The highest BCUT2D eigenvalue weighted by Gasteiger charge is 2.29. The van der Waals surface area contributed by atoms with E-state index in [1.807, 2.05) is 6.07 Å². The standard InChI is InChI=1S/C16H21FN2OS.ClH/c17-11-4-5-15-13(9-11)14(6-7-21-15)19-16(20)10-2-1-3-12(18)8-10;/h4-5,9-10,12,14H,1-3,6-8,18H2,(H,19,20);1H. The molecule has 6 heteroatoms. The molecule has 3 atom stereocenters. The number of rotatable bonds is 2. The first-order chi connectivity index (χ1) is 10.1. The third-order valence-corrected chi connectivity index (χ3v) is 5.54. The second-order valence-corrected chi connectivity index (χ2v) is 7.14. The van der Waals surface area contributed by atoms with Crippen molar-refractivity contribution in [2.45, 2.75) is 49.1 Å². The molecule has 0 aromatic heterocycles. The van der Waals surface area contributed by atoms with Crippen molar-refractivity contribution in [2.75, 3.05) is 5.75 Å². The number of nitrogens with two attached hydrogens (primary N) is 1. The van der Waals surface area contributed by atoms with Gasteiger partial charge < -0.3 is 11.1 Å². The lowest BCUT2D eigenvalue weighted by Gasteiger charge is -2.30. The van der Waals surface area contributed by atoms with Gasteiger partial charge in [0, 0.05) is 22.6 Å². The van der Waals surface area contributed by atoms with E-state index in [1.54, 1.807) is 17.8 Å². The van der Waals surface area contributed by atoms with Crippen LogP contribution in [0.25, 0.3) is 0 Å². The van der Waals surface area contributed by atoms with Crippen molar-refractivity contribution >= 4 is 30.1 Å². The van der Waals surface area contributed by atoms with Gasteiger partial charge in [-0.25, -0.2) is 4.39 Å². The summed E-state index contributed by atoms with van der Waals surface area (Å²) in [6, 6.07) is 4.92. The Labute approximate surface area is 141 Å². The molecule has 1 saturated carbocycles. The molecule has 1 heterocycles. The highest BCUT2D eigenvalue weighted by Crippen LogP contribution is 2.37. The molecule has 1 aliphatic carbocycles.